The van der Waals surface area contributed by atoms with Gasteiger partial charge in [0.2, 0.25) is 0 Å². The van der Waals surface area contributed by atoms with Gasteiger partial charge in [-0.3, -0.25) is 9.69 Å². The van der Waals surface area contributed by atoms with E-state index >= 15 is 0 Å². The zero-order valence-corrected chi connectivity index (χ0v) is 12.2. The summed E-state index contributed by atoms with van der Waals surface area (Å²) in [6.07, 6.45) is 10.7. The van der Waals surface area contributed by atoms with Gasteiger partial charge in [0, 0.05) is 5.92 Å². The van der Waals surface area contributed by atoms with Crippen molar-refractivity contribution in [3.63, 3.8) is 0 Å². The molecule has 0 aromatic carbocycles. The Morgan fingerprint density at radius 3 is 2.06 bits per heavy atom. The number of hydrogen-bond donors (Lipinski definition) is 0. The van der Waals surface area contributed by atoms with Crippen molar-refractivity contribution >= 4 is 5.78 Å². The van der Waals surface area contributed by atoms with E-state index in [-0.39, 0.29) is 5.54 Å². The summed E-state index contributed by atoms with van der Waals surface area (Å²) in [5.41, 5.74) is -0.0584. The van der Waals surface area contributed by atoms with Gasteiger partial charge < -0.3 is 0 Å². The van der Waals surface area contributed by atoms with Gasteiger partial charge in [0.25, 0.3) is 0 Å². The van der Waals surface area contributed by atoms with Crippen LogP contribution in [0.3, 0.4) is 0 Å². The number of nitrogens with zero attached hydrogens (tertiary/aromatic N) is 1. The summed E-state index contributed by atoms with van der Waals surface area (Å²) in [7, 11) is 0. The molecule has 0 atom stereocenters. The third-order valence-corrected chi connectivity index (χ3v) is 5.21. The monoisotopic (exact) mass is 251 g/mol. The van der Waals surface area contributed by atoms with Crippen LogP contribution in [0.1, 0.15) is 71.6 Å². The van der Waals surface area contributed by atoms with Crippen molar-refractivity contribution in [1.82, 2.24) is 4.90 Å². The van der Waals surface area contributed by atoms with Crippen molar-refractivity contribution in [2.45, 2.75) is 77.2 Å². The average molecular weight is 251 g/mol. The third-order valence-electron chi connectivity index (χ3n) is 5.21. The molecule has 0 N–H and O–H groups in total. The van der Waals surface area contributed by atoms with Crippen LogP contribution >= 0.6 is 0 Å². The largest absolute Gasteiger partial charge is 0.297 e. The van der Waals surface area contributed by atoms with Gasteiger partial charge in [0.1, 0.15) is 0 Å². The molecule has 0 aromatic rings. The second-order valence-corrected chi connectivity index (χ2v) is 6.16. The van der Waals surface area contributed by atoms with Crippen LogP contribution in [-0.4, -0.2) is 29.3 Å². The molecule has 0 unspecified atom stereocenters. The Balaban J connectivity index is 2.17. The highest BCUT2D eigenvalue weighted by atomic mass is 16.1. The van der Waals surface area contributed by atoms with E-state index in [4.69, 9.17) is 0 Å². The molecule has 2 fully saturated rings. The molecule has 1 saturated heterocycles. The van der Waals surface area contributed by atoms with E-state index in [1.165, 1.54) is 32.1 Å². The zero-order chi connectivity index (χ0) is 13.0. The van der Waals surface area contributed by atoms with E-state index < -0.39 is 0 Å². The molecule has 0 amide bonds. The minimum atomic E-state index is -0.0584. The summed E-state index contributed by atoms with van der Waals surface area (Å²) in [6, 6.07) is 0. The predicted octanol–water partition coefficient (Wildman–Crippen LogP) is 3.79. The molecule has 104 valence electrons. The lowest BCUT2D eigenvalue weighted by Crippen LogP contribution is -2.56. The fourth-order valence-electron chi connectivity index (χ4n) is 4.04. The van der Waals surface area contributed by atoms with Crippen LogP contribution < -0.4 is 0 Å². The third kappa shape index (κ3) is 2.49. The summed E-state index contributed by atoms with van der Waals surface area (Å²) in [5, 5.41) is 0. The second-order valence-electron chi connectivity index (χ2n) is 6.16. The zero-order valence-electron chi connectivity index (χ0n) is 12.2. The van der Waals surface area contributed by atoms with E-state index in [0.717, 1.165) is 38.8 Å². The molecular formula is C16H29NO. The molecule has 0 aromatic heterocycles. The highest BCUT2D eigenvalue weighted by Gasteiger charge is 2.47. The van der Waals surface area contributed by atoms with Gasteiger partial charge in [-0.1, -0.05) is 33.1 Å². The molecule has 1 aliphatic heterocycles. The van der Waals surface area contributed by atoms with E-state index in [2.05, 4.69) is 18.7 Å². The lowest BCUT2D eigenvalue weighted by atomic mass is 9.79. The summed E-state index contributed by atoms with van der Waals surface area (Å²) >= 11 is 0. The Labute approximate surface area is 112 Å². The first-order valence-corrected chi connectivity index (χ1v) is 8.04. The number of likely N-dealkylation sites (tertiary alicyclic amines) is 1. The van der Waals surface area contributed by atoms with Crippen molar-refractivity contribution in [2.24, 2.45) is 5.92 Å². The predicted molar refractivity (Wildman–Crippen MR) is 75.7 cm³/mol. The fraction of sp³-hybridized carbons (Fsp3) is 0.938. The number of ketones is 1. The second kappa shape index (κ2) is 6.18. The number of piperidine rings is 1. The van der Waals surface area contributed by atoms with Crippen LogP contribution in [0.2, 0.25) is 0 Å². The van der Waals surface area contributed by atoms with Gasteiger partial charge in [0.05, 0.1) is 5.54 Å². The lowest BCUT2D eigenvalue weighted by Gasteiger charge is -2.44. The van der Waals surface area contributed by atoms with Crippen molar-refractivity contribution in [2.75, 3.05) is 13.1 Å². The molecule has 2 heteroatoms. The molecule has 1 aliphatic carbocycles. The van der Waals surface area contributed by atoms with Gasteiger partial charge in [-0.15, -0.1) is 0 Å². The van der Waals surface area contributed by atoms with E-state index in [9.17, 15) is 4.79 Å². The van der Waals surface area contributed by atoms with Crippen molar-refractivity contribution < 1.29 is 4.79 Å². The van der Waals surface area contributed by atoms with E-state index in [0.29, 0.717) is 11.7 Å². The van der Waals surface area contributed by atoms with Gasteiger partial charge in [0.15, 0.2) is 5.78 Å². The molecule has 2 rings (SSSR count). The minimum absolute atomic E-state index is 0.0584. The summed E-state index contributed by atoms with van der Waals surface area (Å²) in [6.45, 7) is 6.66. The van der Waals surface area contributed by atoms with Crippen molar-refractivity contribution in [1.29, 1.82) is 0 Å². The molecule has 18 heavy (non-hydrogen) atoms. The first-order valence-electron chi connectivity index (χ1n) is 8.04. The molecular weight excluding hydrogens is 222 g/mol. The quantitative estimate of drug-likeness (QED) is 0.741. The molecule has 2 nitrogen and oxygen atoms in total. The standard InChI is InChI=1S/C16H29NO/c1-3-14(4-2)15(18)16(10-6-7-11-16)17-12-8-5-9-13-17/h14H,3-13H2,1-2H3. The average Bonchev–Trinajstić information content (AvgIpc) is 2.91. The molecule has 1 saturated carbocycles. The van der Waals surface area contributed by atoms with Crippen LogP contribution in [0.15, 0.2) is 0 Å². The maximum absolute atomic E-state index is 13.0. The van der Waals surface area contributed by atoms with Crippen LogP contribution in [0.25, 0.3) is 0 Å². The number of carbonyl (C=O) groups is 1. The van der Waals surface area contributed by atoms with Crippen molar-refractivity contribution in [3.05, 3.63) is 0 Å². The number of carbonyl (C=O) groups excluding carboxylic acids is 1. The fourth-order valence-corrected chi connectivity index (χ4v) is 4.04. The summed E-state index contributed by atoms with van der Waals surface area (Å²) in [5.74, 6) is 0.872. The Morgan fingerprint density at radius 2 is 1.56 bits per heavy atom. The number of Topliss-reactive ketones (excluding diaryl/α,β-unsaturated/α-hetero) is 1. The molecule has 2 aliphatic rings. The highest BCUT2D eigenvalue weighted by molar-refractivity contribution is 5.90. The van der Waals surface area contributed by atoms with Crippen LogP contribution in [-0.2, 0) is 4.79 Å². The SMILES string of the molecule is CCC(CC)C(=O)C1(N2CCCCC2)CCCC1. The summed E-state index contributed by atoms with van der Waals surface area (Å²) in [4.78, 5) is 15.5. The number of rotatable bonds is 5. The molecule has 0 bridgehead atoms. The Hall–Kier alpha value is -0.370. The van der Waals surface area contributed by atoms with Gasteiger partial charge in [-0.05, 0) is 51.6 Å². The Kier molecular flexibility index (Phi) is 4.83. The van der Waals surface area contributed by atoms with Crippen LogP contribution in [0.4, 0.5) is 0 Å². The first kappa shape index (κ1) is 14.0. The lowest BCUT2D eigenvalue weighted by molar-refractivity contribution is -0.136. The topological polar surface area (TPSA) is 20.3 Å². The van der Waals surface area contributed by atoms with Gasteiger partial charge >= 0.3 is 0 Å². The minimum Gasteiger partial charge on any atom is -0.297 e. The first-order chi connectivity index (χ1) is 8.74. The van der Waals surface area contributed by atoms with E-state index in [1.54, 1.807) is 0 Å². The number of hydrogen-bond acceptors (Lipinski definition) is 2. The van der Waals surface area contributed by atoms with Gasteiger partial charge in [-0.25, -0.2) is 0 Å². The molecule has 0 spiro atoms. The Bertz CT molecular complexity index is 271. The van der Waals surface area contributed by atoms with E-state index in [1.807, 2.05) is 0 Å². The summed E-state index contributed by atoms with van der Waals surface area (Å²) < 4.78 is 0. The maximum atomic E-state index is 13.0. The maximum Gasteiger partial charge on any atom is 0.156 e. The molecule has 1 heterocycles. The van der Waals surface area contributed by atoms with Crippen LogP contribution in [0.5, 0.6) is 0 Å². The van der Waals surface area contributed by atoms with Crippen molar-refractivity contribution in [3.8, 4) is 0 Å². The molecule has 0 radical (unpaired) electrons. The highest BCUT2D eigenvalue weighted by Crippen LogP contribution is 2.40. The van der Waals surface area contributed by atoms with Crippen LogP contribution in [0, 0.1) is 5.92 Å². The van der Waals surface area contributed by atoms with Gasteiger partial charge in [-0.2, -0.15) is 0 Å². The smallest absolute Gasteiger partial charge is 0.156 e. The normalized spacial score (nSPS) is 24.6. The Morgan fingerprint density at radius 1 is 1.00 bits per heavy atom.